The van der Waals surface area contributed by atoms with E-state index in [9.17, 15) is 4.79 Å². The number of amides is 1. The number of thioether (sulfide) groups is 1. The van der Waals surface area contributed by atoms with E-state index in [-0.39, 0.29) is 11.7 Å². The Morgan fingerprint density at radius 3 is 2.93 bits per heavy atom. The summed E-state index contributed by atoms with van der Waals surface area (Å²) in [4.78, 5) is 15.0. The molecule has 2 aromatic heterocycles. The molecule has 1 aliphatic rings. The first-order chi connectivity index (χ1) is 14.7. The molecule has 1 aliphatic heterocycles. The van der Waals surface area contributed by atoms with Gasteiger partial charge in [-0.2, -0.15) is 8.75 Å². The SMILES string of the molecule is C=CCn1c(CCN2CCCCC2)nnc1SCC(=O)Nc1cccc2nsnc12. The van der Waals surface area contributed by atoms with Crippen LogP contribution in [0, 0.1) is 0 Å². The van der Waals surface area contributed by atoms with Crippen molar-refractivity contribution in [2.24, 2.45) is 0 Å². The van der Waals surface area contributed by atoms with Crippen LogP contribution in [0.15, 0.2) is 36.0 Å². The summed E-state index contributed by atoms with van der Waals surface area (Å²) >= 11 is 2.52. The minimum absolute atomic E-state index is 0.108. The van der Waals surface area contributed by atoms with Crippen molar-refractivity contribution in [3.8, 4) is 0 Å². The normalized spacial score (nSPS) is 14.8. The second-order valence-electron chi connectivity index (χ2n) is 7.22. The predicted molar refractivity (Wildman–Crippen MR) is 121 cm³/mol. The van der Waals surface area contributed by atoms with Crippen LogP contribution in [0.25, 0.3) is 11.0 Å². The van der Waals surface area contributed by atoms with Gasteiger partial charge < -0.3 is 14.8 Å². The third kappa shape index (κ3) is 5.05. The lowest BCUT2D eigenvalue weighted by Gasteiger charge is -2.26. The third-order valence-electron chi connectivity index (χ3n) is 5.10. The summed E-state index contributed by atoms with van der Waals surface area (Å²) in [7, 11) is 0. The van der Waals surface area contributed by atoms with Crippen LogP contribution >= 0.6 is 23.5 Å². The molecule has 1 amide bonds. The maximum absolute atomic E-state index is 12.5. The van der Waals surface area contributed by atoms with Crippen LogP contribution in [-0.4, -0.2) is 59.7 Å². The molecule has 1 aromatic carbocycles. The van der Waals surface area contributed by atoms with Crippen LogP contribution in [-0.2, 0) is 17.8 Å². The number of hydrogen-bond donors (Lipinski definition) is 1. The molecule has 0 spiro atoms. The first-order valence-electron chi connectivity index (χ1n) is 10.1. The Morgan fingerprint density at radius 1 is 1.23 bits per heavy atom. The highest BCUT2D eigenvalue weighted by atomic mass is 32.2. The van der Waals surface area contributed by atoms with Crippen molar-refractivity contribution in [3.63, 3.8) is 0 Å². The number of carbonyl (C=O) groups excluding carboxylic acids is 1. The number of anilines is 1. The molecule has 1 saturated heterocycles. The number of likely N-dealkylation sites (tertiary alicyclic amines) is 1. The summed E-state index contributed by atoms with van der Waals surface area (Å²) in [6.45, 7) is 7.81. The van der Waals surface area contributed by atoms with E-state index in [4.69, 9.17) is 0 Å². The van der Waals surface area contributed by atoms with Gasteiger partial charge in [0, 0.05) is 19.5 Å². The fourth-order valence-corrected chi connectivity index (χ4v) is 4.90. The highest BCUT2D eigenvalue weighted by Gasteiger charge is 2.16. The van der Waals surface area contributed by atoms with Gasteiger partial charge in [-0.3, -0.25) is 4.79 Å². The van der Waals surface area contributed by atoms with Gasteiger partial charge in [0.25, 0.3) is 0 Å². The lowest BCUT2D eigenvalue weighted by Crippen LogP contribution is -2.32. The van der Waals surface area contributed by atoms with Crippen LogP contribution in [0.4, 0.5) is 5.69 Å². The number of allylic oxidation sites excluding steroid dienone is 1. The van der Waals surface area contributed by atoms with E-state index in [1.54, 1.807) is 0 Å². The smallest absolute Gasteiger partial charge is 0.234 e. The Bertz CT molecular complexity index is 1010. The van der Waals surface area contributed by atoms with E-state index >= 15 is 0 Å². The molecule has 158 valence electrons. The van der Waals surface area contributed by atoms with Crippen LogP contribution < -0.4 is 5.32 Å². The van der Waals surface area contributed by atoms with Crippen molar-refractivity contribution in [1.29, 1.82) is 0 Å². The Labute approximate surface area is 184 Å². The summed E-state index contributed by atoms with van der Waals surface area (Å²) in [6.07, 6.45) is 6.58. The lowest BCUT2D eigenvalue weighted by molar-refractivity contribution is -0.113. The van der Waals surface area contributed by atoms with Crippen LogP contribution in [0.1, 0.15) is 25.1 Å². The van der Waals surface area contributed by atoms with E-state index in [0.717, 1.165) is 46.7 Å². The van der Waals surface area contributed by atoms with Crippen LogP contribution in [0.2, 0.25) is 0 Å². The fourth-order valence-electron chi connectivity index (χ4n) is 3.59. The van der Waals surface area contributed by atoms with Gasteiger partial charge in [0.1, 0.15) is 16.9 Å². The number of carbonyl (C=O) groups is 1. The molecule has 0 bridgehead atoms. The van der Waals surface area contributed by atoms with Gasteiger partial charge in [0.15, 0.2) is 5.16 Å². The zero-order valence-corrected chi connectivity index (χ0v) is 18.4. The van der Waals surface area contributed by atoms with Gasteiger partial charge in [-0.1, -0.05) is 30.3 Å². The molecule has 0 atom stereocenters. The molecule has 10 heteroatoms. The number of piperidine rings is 1. The summed E-state index contributed by atoms with van der Waals surface area (Å²) in [5, 5.41) is 12.4. The summed E-state index contributed by atoms with van der Waals surface area (Å²) in [5.41, 5.74) is 2.19. The Balaban J connectivity index is 1.36. The van der Waals surface area contributed by atoms with Crippen molar-refractivity contribution in [3.05, 3.63) is 36.7 Å². The zero-order chi connectivity index (χ0) is 20.8. The summed E-state index contributed by atoms with van der Waals surface area (Å²) < 4.78 is 10.5. The highest BCUT2D eigenvalue weighted by molar-refractivity contribution is 7.99. The molecule has 0 radical (unpaired) electrons. The van der Waals surface area contributed by atoms with Crippen molar-refractivity contribution in [1.82, 2.24) is 28.4 Å². The monoisotopic (exact) mass is 443 g/mol. The van der Waals surface area contributed by atoms with E-state index in [2.05, 4.69) is 40.3 Å². The Morgan fingerprint density at radius 2 is 2.10 bits per heavy atom. The van der Waals surface area contributed by atoms with Crippen molar-refractivity contribution >= 4 is 46.1 Å². The minimum atomic E-state index is -0.108. The number of benzene rings is 1. The van der Waals surface area contributed by atoms with Crippen LogP contribution in [0.3, 0.4) is 0 Å². The topological polar surface area (TPSA) is 88.8 Å². The van der Waals surface area contributed by atoms with Crippen LogP contribution in [0.5, 0.6) is 0 Å². The largest absolute Gasteiger partial charge is 0.323 e. The predicted octanol–water partition coefficient (Wildman–Crippen LogP) is 3.23. The first kappa shape index (κ1) is 21.0. The molecule has 1 N–H and O–H groups in total. The summed E-state index contributed by atoms with van der Waals surface area (Å²) in [5.74, 6) is 1.08. The van der Waals surface area contributed by atoms with E-state index < -0.39 is 0 Å². The van der Waals surface area contributed by atoms with E-state index in [0.29, 0.717) is 12.2 Å². The second-order valence-corrected chi connectivity index (χ2v) is 8.70. The molecule has 0 unspecified atom stereocenters. The lowest BCUT2D eigenvalue weighted by atomic mass is 10.1. The zero-order valence-electron chi connectivity index (χ0n) is 16.8. The van der Waals surface area contributed by atoms with E-state index in [1.165, 1.54) is 44.1 Å². The quantitative estimate of drug-likeness (QED) is 0.401. The van der Waals surface area contributed by atoms with Gasteiger partial charge in [-0.05, 0) is 38.1 Å². The molecule has 3 aromatic rings. The van der Waals surface area contributed by atoms with Crippen molar-refractivity contribution in [2.75, 3.05) is 30.7 Å². The van der Waals surface area contributed by atoms with Gasteiger partial charge in [0.2, 0.25) is 5.91 Å². The molecular formula is C20H25N7OS2. The maximum atomic E-state index is 12.5. The molecule has 0 saturated carbocycles. The number of hydrogen-bond acceptors (Lipinski definition) is 8. The average molecular weight is 444 g/mol. The van der Waals surface area contributed by atoms with Gasteiger partial charge in [-0.15, -0.1) is 16.8 Å². The number of nitrogens with one attached hydrogen (secondary N) is 1. The number of aromatic nitrogens is 5. The molecular weight excluding hydrogens is 418 g/mol. The second kappa shape index (κ2) is 10.1. The minimum Gasteiger partial charge on any atom is -0.323 e. The van der Waals surface area contributed by atoms with Crippen molar-refractivity contribution < 1.29 is 4.79 Å². The molecule has 1 fully saturated rings. The maximum Gasteiger partial charge on any atom is 0.234 e. The number of nitrogens with zero attached hydrogens (tertiary/aromatic N) is 6. The van der Waals surface area contributed by atoms with E-state index in [1.807, 2.05) is 24.3 Å². The highest BCUT2D eigenvalue weighted by Crippen LogP contribution is 2.23. The van der Waals surface area contributed by atoms with Crippen molar-refractivity contribution in [2.45, 2.75) is 37.4 Å². The molecule has 3 heterocycles. The fraction of sp³-hybridized carbons (Fsp3) is 0.450. The Kier molecular flexibility index (Phi) is 7.08. The molecule has 4 rings (SSSR count). The van der Waals surface area contributed by atoms with Gasteiger partial charge >= 0.3 is 0 Å². The molecule has 8 nitrogen and oxygen atoms in total. The first-order valence-corrected chi connectivity index (χ1v) is 11.9. The molecule has 30 heavy (non-hydrogen) atoms. The Hall–Kier alpha value is -2.30. The number of fused-ring (bicyclic) bond motifs is 1. The van der Waals surface area contributed by atoms with Gasteiger partial charge in [-0.25, -0.2) is 0 Å². The molecule has 0 aliphatic carbocycles. The standard InChI is InChI=1S/C20H25N7OS2/c1-2-10-27-17(9-13-26-11-4-3-5-12-26)22-23-20(27)29-14-18(28)21-15-7-6-8-16-19(15)25-30-24-16/h2,6-8H,1,3-5,9-14H2,(H,21,28). The summed E-state index contributed by atoms with van der Waals surface area (Å²) in [6, 6.07) is 5.58. The van der Waals surface area contributed by atoms with Gasteiger partial charge in [0.05, 0.1) is 23.2 Å². The third-order valence-corrected chi connectivity index (χ3v) is 6.61. The number of rotatable bonds is 9. The average Bonchev–Trinajstić information content (AvgIpc) is 3.40.